The fourth-order valence-electron chi connectivity index (χ4n) is 4.67. The zero-order valence-electron chi connectivity index (χ0n) is 19.5. The minimum absolute atomic E-state index is 0.292. The van der Waals surface area contributed by atoms with Crippen molar-refractivity contribution in [2.75, 3.05) is 26.2 Å². The highest BCUT2D eigenvalue weighted by Crippen LogP contribution is 2.30. The van der Waals surface area contributed by atoms with Crippen molar-refractivity contribution in [3.63, 3.8) is 0 Å². The molecule has 10 heteroatoms. The number of amides is 1. The lowest BCUT2D eigenvalue weighted by atomic mass is 10.0. The van der Waals surface area contributed by atoms with Gasteiger partial charge in [0.1, 0.15) is 0 Å². The molecule has 0 saturated carbocycles. The minimum atomic E-state index is -5.08. The SMILES string of the molecule is CCN(CC)CC1CN(C(=O)CC2Cc3ccccc3C2)Cc2cncn21.O=C(O)C(F)(F)F. The third-order valence-corrected chi connectivity index (χ3v) is 6.48. The van der Waals surface area contributed by atoms with Crippen molar-refractivity contribution in [1.82, 2.24) is 19.4 Å². The molecule has 2 aliphatic rings. The van der Waals surface area contributed by atoms with E-state index >= 15 is 0 Å². The first-order chi connectivity index (χ1) is 16.1. The van der Waals surface area contributed by atoms with Gasteiger partial charge in [-0.3, -0.25) is 4.79 Å². The second-order valence-corrected chi connectivity index (χ2v) is 8.76. The molecule has 1 aromatic heterocycles. The molecule has 1 atom stereocenters. The van der Waals surface area contributed by atoms with Crippen LogP contribution >= 0.6 is 0 Å². The Hall–Kier alpha value is -2.88. The molecule has 1 N–H and O–H groups in total. The largest absolute Gasteiger partial charge is 0.490 e. The van der Waals surface area contributed by atoms with Crippen LogP contribution < -0.4 is 0 Å². The van der Waals surface area contributed by atoms with Crippen molar-refractivity contribution in [1.29, 1.82) is 0 Å². The number of nitrogens with zero attached hydrogens (tertiary/aromatic N) is 4. The lowest BCUT2D eigenvalue weighted by molar-refractivity contribution is -0.192. The van der Waals surface area contributed by atoms with Crippen LogP contribution in [0.1, 0.15) is 43.1 Å². The van der Waals surface area contributed by atoms with Gasteiger partial charge in [-0.25, -0.2) is 9.78 Å². The molecule has 1 amide bonds. The molecule has 7 nitrogen and oxygen atoms in total. The molecule has 0 bridgehead atoms. The smallest absolute Gasteiger partial charge is 0.475 e. The summed E-state index contributed by atoms with van der Waals surface area (Å²) in [6.45, 7) is 8.90. The molecule has 1 unspecified atom stereocenters. The van der Waals surface area contributed by atoms with Crippen LogP contribution in [-0.4, -0.2) is 68.7 Å². The summed E-state index contributed by atoms with van der Waals surface area (Å²) in [7, 11) is 0. The standard InChI is InChI=1S/C22H30N4O.C2HF3O2/c1-3-24(4-2)13-21-15-25(14-20-12-23-16-26(20)21)22(27)11-17-9-18-7-5-6-8-19(18)10-17;3-2(4,5)1(6)7/h5-8,12,16-17,21H,3-4,9-11,13-15H2,1-2H3;(H,6,7). The number of carboxylic acid groups (broad SMARTS) is 1. The van der Waals surface area contributed by atoms with Gasteiger partial charge in [-0.15, -0.1) is 0 Å². The quantitative estimate of drug-likeness (QED) is 0.684. The van der Waals surface area contributed by atoms with Gasteiger partial charge in [-0.1, -0.05) is 38.1 Å². The van der Waals surface area contributed by atoms with Crippen molar-refractivity contribution in [2.24, 2.45) is 5.92 Å². The Kier molecular flexibility index (Phi) is 8.35. The Labute approximate surface area is 197 Å². The monoisotopic (exact) mass is 480 g/mol. The molecular formula is C24H31F3N4O3. The number of alkyl halides is 3. The van der Waals surface area contributed by atoms with Crippen LogP contribution in [0.25, 0.3) is 0 Å². The topological polar surface area (TPSA) is 78.7 Å². The van der Waals surface area contributed by atoms with E-state index < -0.39 is 12.1 Å². The normalized spacial score (nSPS) is 17.7. The summed E-state index contributed by atoms with van der Waals surface area (Å²) in [6.07, 6.45) is 1.49. The molecule has 2 aromatic rings. The van der Waals surface area contributed by atoms with Crippen LogP contribution in [0.5, 0.6) is 0 Å². The first-order valence-electron chi connectivity index (χ1n) is 11.5. The summed E-state index contributed by atoms with van der Waals surface area (Å²) in [5.74, 6) is -2.01. The van der Waals surface area contributed by atoms with E-state index in [2.05, 4.69) is 57.5 Å². The van der Waals surface area contributed by atoms with Crippen LogP contribution in [-0.2, 0) is 29.0 Å². The minimum Gasteiger partial charge on any atom is -0.475 e. The van der Waals surface area contributed by atoms with Gasteiger partial charge in [-0.2, -0.15) is 13.2 Å². The Bertz CT molecular complexity index is 963. The number of hydrogen-bond donors (Lipinski definition) is 1. The number of carbonyl (C=O) groups excluding carboxylic acids is 1. The lowest BCUT2D eigenvalue weighted by Crippen LogP contribution is -2.45. The number of halogens is 3. The number of aromatic nitrogens is 2. The van der Waals surface area contributed by atoms with Crippen LogP contribution in [0.15, 0.2) is 36.8 Å². The van der Waals surface area contributed by atoms with E-state index in [1.54, 1.807) is 0 Å². The van der Waals surface area contributed by atoms with E-state index in [1.165, 1.54) is 11.1 Å². The van der Waals surface area contributed by atoms with Crippen molar-refractivity contribution in [3.05, 3.63) is 53.6 Å². The summed E-state index contributed by atoms with van der Waals surface area (Å²) >= 11 is 0. The van der Waals surface area contributed by atoms with Gasteiger partial charge >= 0.3 is 12.1 Å². The average Bonchev–Trinajstić information content (AvgIpc) is 3.43. The maximum absolute atomic E-state index is 13.1. The number of fused-ring (bicyclic) bond motifs is 2. The van der Waals surface area contributed by atoms with Crippen molar-refractivity contribution in [3.8, 4) is 0 Å². The Balaban J connectivity index is 0.000000406. The molecule has 4 rings (SSSR count). The van der Waals surface area contributed by atoms with Gasteiger partial charge < -0.3 is 19.5 Å². The van der Waals surface area contributed by atoms with Gasteiger partial charge in [-0.05, 0) is 43.0 Å². The maximum atomic E-state index is 13.1. The van der Waals surface area contributed by atoms with Crippen LogP contribution in [0.3, 0.4) is 0 Å². The molecule has 34 heavy (non-hydrogen) atoms. The van der Waals surface area contributed by atoms with Crippen molar-refractivity contribution < 1.29 is 27.9 Å². The van der Waals surface area contributed by atoms with E-state index in [0.29, 0.717) is 30.8 Å². The Morgan fingerprint density at radius 2 is 1.74 bits per heavy atom. The fraction of sp³-hybridized carbons (Fsp3) is 0.542. The van der Waals surface area contributed by atoms with E-state index in [-0.39, 0.29) is 0 Å². The summed E-state index contributed by atoms with van der Waals surface area (Å²) < 4.78 is 34.0. The molecule has 1 aliphatic carbocycles. The number of benzene rings is 1. The van der Waals surface area contributed by atoms with E-state index in [1.807, 2.05) is 12.5 Å². The fourth-order valence-corrected chi connectivity index (χ4v) is 4.67. The Morgan fingerprint density at radius 1 is 1.15 bits per heavy atom. The van der Waals surface area contributed by atoms with Crippen LogP contribution in [0.2, 0.25) is 0 Å². The zero-order chi connectivity index (χ0) is 24.9. The number of hydrogen-bond acceptors (Lipinski definition) is 4. The van der Waals surface area contributed by atoms with Gasteiger partial charge in [0.05, 0.1) is 24.6 Å². The lowest BCUT2D eigenvalue weighted by Gasteiger charge is -2.37. The van der Waals surface area contributed by atoms with Crippen LogP contribution in [0, 0.1) is 5.92 Å². The first-order valence-corrected chi connectivity index (χ1v) is 11.5. The van der Waals surface area contributed by atoms with Gasteiger partial charge in [0, 0.05) is 25.7 Å². The highest BCUT2D eigenvalue weighted by Gasteiger charge is 2.38. The molecule has 2 heterocycles. The maximum Gasteiger partial charge on any atom is 0.490 e. The summed E-state index contributed by atoms with van der Waals surface area (Å²) in [4.78, 5) is 30.8. The zero-order valence-corrected chi connectivity index (χ0v) is 19.5. The molecule has 0 radical (unpaired) electrons. The second-order valence-electron chi connectivity index (χ2n) is 8.76. The number of aliphatic carboxylic acids is 1. The van der Waals surface area contributed by atoms with Crippen molar-refractivity contribution in [2.45, 2.75) is 51.9 Å². The van der Waals surface area contributed by atoms with Gasteiger partial charge in [0.25, 0.3) is 0 Å². The average molecular weight is 481 g/mol. The summed E-state index contributed by atoms with van der Waals surface area (Å²) in [6, 6.07) is 8.92. The van der Waals surface area contributed by atoms with Gasteiger partial charge in [0.15, 0.2) is 0 Å². The summed E-state index contributed by atoms with van der Waals surface area (Å²) in [5.41, 5.74) is 4.00. The summed E-state index contributed by atoms with van der Waals surface area (Å²) in [5, 5.41) is 7.12. The van der Waals surface area contributed by atoms with E-state index in [4.69, 9.17) is 9.90 Å². The van der Waals surface area contributed by atoms with Crippen molar-refractivity contribution >= 4 is 11.9 Å². The number of carboxylic acids is 1. The predicted octanol–water partition coefficient (Wildman–Crippen LogP) is 3.55. The first kappa shape index (κ1) is 25.7. The molecule has 1 aromatic carbocycles. The molecule has 0 spiro atoms. The Morgan fingerprint density at radius 3 is 2.26 bits per heavy atom. The molecule has 186 valence electrons. The molecule has 0 fully saturated rings. The third-order valence-electron chi connectivity index (χ3n) is 6.48. The predicted molar refractivity (Wildman–Crippen MR) is 120 cm³/mol. The number of likely N-dealkylation sites (N-methyl/N-ethyl adjacent to an activating group) is 1. The second kappa shape index (κ2) is 11.0. The highest BCUT2D eigenvalue weighted by molar-refractivity contribution is 5.77. The number of imidazole rings is 1. The highest BCUT2D eigenvalue weighted by atomic mass is 19.4. The molecular weight excluding hydrogens is 449 g/mol. The van der Waals surface area contributed by atoms with Crippen LogP contribution in [0.4, 0.5) is 13.2 Å². The molecule has 0 saturated heterocycles. The molecule has 1 aliphatic heterocycles. The third kappa shape index (κ3) is 6.37. The van der Waals surface area contributed by atoms with E-state index in [9.17, 15) is 18.0 Å². The van der Waals surface area contributed by atoms with Gasteiger partial charge in [0.2, 0.25) is 5.91 Å². The number of rotatable bonds is 6. The number of carbonyl (C=O) groups is 2. The van der Waals surface area contributed by atoms with E-state index in [0.717, 1.165) is 44.7 Å².